The first-order valence-corrected chi connectivity index (χ1v) is 9.57. The number of aryl methyl sites for hydroxylation is 1. The highest BCUT2D eigenvalue weighted by Gasteiger charge is 2.22. The maximum absolute atomic E-state index is 12.7. The number of nitrogens with one attached hydrogen (secondary N) is 1. The average Bonchev–Trinajstić information content (AvgIpc) is 2.70. The van der Waals surface area contributed by atoms with Crippen LogP contribution in [-0.2, 0) is 19.4 Å². The predicted octanol–water partition coefficient (Wildman–Crippen LogP) is 3.31. The lowest BCUT2D eigenvalue weighted by Gasteiger charge is -2.35. The molecule has 1 aromatic heterocycles. The standard InChI is InChI=1S/C21H26N4O/c26-21(23-20-15-22-14-18-8-4-5-9-19(18)20)25-12-10-24(11-13-25)16-17-6-2-1-3-7-17/h1-3,6-7,14-15H,4-5,8-13,16H2,(H,23,26). The monoisotopic (exact) mass is 350 g/mol. The van der Waals surface area contributed by atoms with Gasteiger partial charge in [0.15, 0.2) is 0 Å². The van der Waals surface area contributed by atoms with Gasteiger partial charge in [-0.1, -0.05) is 30.3 Å². The Bertz CT molecular complexity index is 754. The lowest BCUT2D eigenvalue weighted by Crippen LogP contribution is -2.49. The number of fused-ring (bicyclic) bond motifs is 1. The Labute approximate surface area is 155 Å². The van der Waals surface area contributed by atoms with Gasteiger partial charge in [-0.05, 0) is 42.4 Å². The van der Waals surface area contributed by atoms with E-state index in [-0.39, 0.29) is 6.03 Å². The SMILES string of the molecule is O=C(Nc1cncc2c1CCCC2)N1CCN(Cc2ccccc2)CC1. The number of hydrogen-bond donors (Lipinski definition) is 1. The minimum atomic E-state index is 0.00475. The molecule has 0 unspecified atom stereocenters. The Morgan fingerprint density at radius 3 is 2.58 bits per heavy atom. The highest BCUT2D eigenvalue weighted by atomic mass is 16.2. The number of benzene rings is 1. The average molecular weight is 350 g/mol. The van der Waals surface area contributed by atoms with Gasteiger partial charge in [0.05, 0.1) is 11.9 Å². The zero-order chi connectivity index (χ0) is 17.8. The van der Waals surface area contributed by atoms with Crippen LogP contribution in [0.25, 0.3) is 0 Å². The molecule has 0 bridgehead atoms. The van der Waals surface area contributed by atoms with Gasteiger partial charge in [0.2, 0.25) is 0 Å². The van der Waals surface area contributed by atoms with E-state index in [1.165, 1.54) is 29.5 Å². The van der Waals surface area contributed by atoms with E-state index >= 15 is 0 Å². The van der Waals surface area contributed by atoms with E-state index < -0.39 is 0 Å². The lowest BCUT2D eigenvalue weighted by molar-refractivity contribution is 0.143. The highest BCUT2D eigenvalue weighted by molar-refractivity contribution is 5.90. The molecule has 5 heteroatoms. The number of carbonyl (C=O) groups excluding carboxylic acids is 1. The number of rotatable bonds is 3. The van der Waals surface area contributed by atoms with Crippen molar-refractivity contribution in [2.75, 3.05) is 31.5 Å². The number of amides is 2. The van der Waals surface area contributed by atoms with Crippen molar-refractivity contribution in [3.8, 4) is 0 Å². The van der Waals surface area contributed by atoms with Crippen LogP contribution in [0, 0.1) is 0 Å². The van der Waals surface area contributed by atoms with Gasteiger partial charge < -0.3 is 10.2 Å². The molecule has 2 heterocycles. The second-order valence-corrected chi connectivity index (χ2v) is 7.21. The summed E-state index contributed by atoms with van der Waals surface area (Å²) in [7, 11) is 0. The van der Waals surface area contributed by atoms with Crippen LogP contribution in [0.1, 0.15) is 29.5 Å². The predicted molar refractivity (Wildman–Crippen MR) is 103 cm³/mol. The number of nitrogens with zero attached hydrogens (tertiary/aromatic N) is 3. The smallest absolute Gasteiger partial charge is 0.321 e. The molecule has 0 radical (unpaired) electrons. The van der Waals surface area contributed by atoms with E-state index in [9.17, 15) is 4.79 Å². The van der Waals surface area contributed by atoms with E-state index in [4.69, 9.17) is 0 Å². The van der Waals surface area contributed by atoms with Crippen LogP contribution in [0.15, 0.2) is 42.7 Å². The fourth-order valence-electron chi connectivity index (χ4n) is 3.91. The summed E-state index contributed by atoms with van der Waals surface area (Å²) in [6, 6.07) is 10.5. The molecule has 4 rings (SSSR count). The number of pyridine rings is 1. The summed E-state index contributed by atoms with van der Waals surface area (Å²) in [4.78, 5) is 21.3. The molecule has 1 N–H and O–H groups in total. The fraction of sp³-hybridized carbons (Fsp3) is 0.429. The Morgan fingerprint density at radius 2 is 1.77 bits per heavy atom. The number of aromatic nitrogens is 1. The normalized spacial score (nSPS) is 17.6. The van der Waals surface area contributed by atoms with Crippen molar-refractivity contribution in [2.24, 2.45) is 0 Å². The number of anilines is 1. The summed E-state index contributed by atoms with van der Waals surface area (Å²) >= 11 is 0. The van der Waals surface area contributed by atoms with Gasteiger partial charge in [-0.2, -0.15) is 0 Å². The second kappa shape index (κ2) is 7.87. The van der Waals surface area contributed by atoms with E-state index in [2.05, 4.69) is 39.5 Å². The molecule has 1 aliphatic heterocycles. The molecule has 1 fully saturated rings. The summed E-state index contributed by atoms with van der Waals surface area (Å²) in [5.41, 5.74) is 4.80. The van der Waals surface area contributed by atoms with Gasteiger partial charge in [-0.3, -0.25) is 9.88 Å². The molecule has 2 aliphatic rings. The number of urea groups is 1. The fourth-order valence-corrected chi connectivity index (χ4v) is 3.91. The summed E-state index contributed by atoms with van der Waals surface area (Å²) in [6.45, 7) is 4.30. The van der Waals surface area contributed by atoms with Gasteiger partial charge >= 0.3 is 6.03 Å². The molecule has 1 saturated heterocycles. The summed E-state index contributed by atoms with van der Waals surface area (Å²) < 4.78 is 0. The van der Waals surface area contributed by atoms with Gasteiger partial charge in [-0.15, -0.1) is 0 Å². The first kappa shape index (κ1) is 17.0. The molecule has 136 valence electrons. The summed E-state index contributed by atoms with van der Waals surface area (Å²) in [5, 5.41) is 3.11. The van der Waals surface area contributed by atoms with Crippen molar-refractivity contribution in [1.82, 2.24) is 14.8 Å². The molecule has 5 nitrogen and oxygen atoms in total. The van der Waals surface area contributed by atoms with Crippen molar-refractivity contribution in [3.63, 3.8) is 0 Å². The highest BCUT2D eigenvalue weighted by Crippen LogP contribution is 2.27. The van der Waals surface area contributed by atoms with Crippen LogP contribution in [0.2, 0.25) is 0 Å². The zero-order valence-electron chi connectivity index (χ0n) is 15.2. The Hall–Kier alpha value is -2.40. The van der Waals surface area contributed by atoms with Crippen molar-refractivity contribution >= 4 is 11.7 Å². The minimum absolute atomic E-state index is 0.00475. The third-order valence-electron chi connectivity index (χ3n) is 5.42. The molecular formula is C21H26N4O. The van der Waals surface area contributed by atoms with Crippen molar-refractivity contribution < 1.29 is 4.79 Å². The van der Waals surface area contributed by atoms with Gasteiger partial charge in [0, 0.05) is 38.9 Å². The van der Waals surface area contributed by atoms with Crippen molar-refractivity contribution in [3.05, 3.63) is 59.4 Å². The number of carbonyl (C=O) groups is 1. The van der Waals surface area contributed by atoms with Crippen LogP contribution in [0.3, 0.4) is 0 Å². The van der Waals surface area contributed by atoms with Crippen LogP contribution < -0.4 is 5.32 Å². The largest absolute Gasteiger partial charge is 0.322 e. The van der Waals surface area contributed by atoms with E-state index in [0.717, 1.165) is 51.3 Å². The first-order valence-electron chi connectivity index (χ1n) is 9.57. The second-order valence-electron chi connectivity index (χ2n) is 7.21. The van der Waals surface area contributed by atoms with Gasteiger partial charge in [0.1, 0.15) is 0 Å². The minimum Gasteiger partial charge on any atom is -0.322 e. The quantitative estimate of drug-likeness (QED) is 0.924. The first-order chi connectivity index (χ1) is 12.8. The van der Waals surface area contributed by atoms with Crippen LogP contribution in [0.5, 0.6) is 0 Å². The van der Waals surface area contributed by atoms with E-state index in [1.54, 1.807) is 6.20 Å². The molecule has 0 atom stereocenters. The summed E-state index contributed by atoms with van der Waals surface area (Å²) in [5.74, 6) is 0. The zero-order valence-corrected chi connectivity index (χ0v) is 15.2. The lowest BCUT2D eigenvalue weighted by atomic mass is 9.92. The summed E-state index contributed by atoms with van der Waals surface area (Å²) in [6.07, 6.45) is 8.27. The Morgan fingerprint density at radius 1 is 1.00 bits per heavy atom. The number of hydrogen-bond acceptors (Lipinski definition) is 3. The van der Waals surface area contributed by atoms with Gasteiger partial charge in [-0.25, -0.2) is 4.79 Å². The maximum Gasteiger partial charge on any atom is 0.321 e. The molecule has 26 heavy (non-hydrogen) atoms. The topological polar surface area (TPSA) is 48.5 Å². The van der Waals surface area contributed by atoms with Crippen molar-refractivity contribution in [1.29, 1.82) is 0 Å². The molecule has 1 aliphatic carbocycles. The Kier molecular flexibility index (Phi) is 5.16. The Balaban J connectivity index is 1.33. The molecule has 0 saturated carbocycles. The third-order valence-corrected chi connectivity index (χ3v) is 5.42. The van der Waals surface area contributed by atoms with E-state index in [1.807, 2.05) is 17.2 Å². The van der Waals surface area contributed by atoms with E-state index in [0.29, 0.717) is 0 Å². The molecule has 2 aromatic rings. The van der Waals surface area contributed by atoms with Crippen LogP contribution in [-0.4, -0.2) is 47.0 Å². The van der Waals surface area contributed by atoms with Crippen molar-refractivity contribution in [2.45, 2.75) is 32.2 Å². The molecule has 0 spiro atoms. The number of piperazine rings is 1. The molecule has 1 aromatic carbocycles. The maximum atomic E-state index is 12.7. The van der Waals surface area contributed by atoms with Crippen LogP contribution >= 0.6 is 0 Å². The molecular weight excluding hydrogens is 324 g/mol. The van der Waals surface area contributed by atoms with Crippen LogP contribution in [0.4, 0.5) is 10.5 Å². The third kappa shape index (κ3) is 3.88. The van der Waals surface area contributed by atoms with Gasteiger partial charge in [0.25, 0.3) is 0 Å². The molecule has 2 amide bonds.